The maximum absolute atomic E-state index is 12.8. The molecule has 0 bridgehead atoms. The molecule has 1 atom stereocenters. The maximum Gasteiger partial charge on any atom is 0.277 e. The molecule has 0 unspecified atom stereocenters. The average molecular weight is 350 g/mol. The monoisotopic (exact) mass is 350 g/mol. The van der Waals surface area contributed by atoms with E-state index in [0.717, 1.165) is 16.5 Å². The van der Waals surface area contributed by atoms with Crippen molar-refractivity contribution >= 4 is 28.4 Å². The summed E-state index contributed by atoms with van der Waals surface area (Å²) in [6, 6.07) is 11.3. The van der Waals surface area contributed by atoms with Gasteiger partial charge in [-0.3, -0.25) is 9.78 Å². The lowest BCUT2D eigenvalue weighted by Crippen LogP contribution is -2.13. The van der Waals surface area contributed by atoms with Gasteiger partial charge in [0.1, 0.15) is 0 Å². The Morgan fingerprint density at radius 1 is 1.16 bits per heavy atom. The second-order valence-electron chi connectivity index (χ2n) is 5.48. The molecular formula is C18H14N4O2S. The normalized spacial score (nSPS) is 12.4. The zero-order valence-corrected chi connectivity index (χ0v) is 14.2. The quantitative estimate of drug-likeness (QED) is 0.433. The third-order valence-corrected chi connectivity index (χ3v) is 4.77. The molecule has 4 aromatic rings. The van der Waals surface area contributed by atoms with E-state index in [2.05, 4.69) is 20.2 Å². The van der Waals surface area contributed by atoms with Crippen LogP contribution in [-0.4, -0.2) is 31.2 Å². The third kappa shape index (κ3) is 3.06. The number of H-pyrrole nitrogens is 1. The fraction of sp³-hybridized carbons (Fsp3) is 0.111. The molecule has 0 amide bonds. The Bertz CT molecular complexity index is 1030. The van der Waals surface area contributed by atoms with Crippen LogP contribution in [0.5, 0.6) is 0 Å². The molecule has 1 N–H and O–H groups in total. The summed E-state index contributed by atoms with van der Waals surface area (Å²) in [5.74, 6) is 0.433. The fourth-order valence-corrected chi connectivity index (χ4v) is 3.32. The number of para-hydroxylation sites is 1. The summed E-state index contributed by atoms with van der Waals surface area (Å²) < 4.78 is 5.65. The smallest absolute Gasteiger partial charge is 0.277 e. The van der Waals surface area contributed by atoms with E-state index in [1.54, 1.807) is 30.7 Å². The van der Waals surface area contributed by atoms with E-state index in [4.69, 9.17) is 4.42 Å². The minimum Gasteiger partial charge on any atom is -0.411 e. The molecule has 3 aromatic heterocycles. The summed E-state index contributed by atoms with van der Waals surface area (Å²) in [5.41, 5.74) is 2.41. The first kappa shape index (κ1) is 15.6. The van der Waals surface area contributed by atoms with Gasteiger partial charge in [0, 0.05) is 40.6 Å². The van der Waals surface area contributed by atoms with Gasteiger partial charge < -0.3 is 9.40 Å². The molecule has 3 heterocycles. The summed E-state index contributed by atoms with van der Waals surface area (Å²) in [6.45, 7) is 1.84. The molecule has 1 aromatic carbocycles. The largest absolute Gasteiger partial charge is 0.411 e. The van der Waals surface area contributed by atoms with E-state index < -0.39 is 0 Å². The zero-order valence-electron chi connectivity index (χ0n) is 13.3. The summed E-state index contributed by atoms with van der Waals surface area (Å²) in [5, 5.41) is 9.00. The molecule has 0 aliphatic heterocycles. The number of carbonyl (C=O) groups excluding carboxylic acids is 1. The van der Waals surface area contributed by atoms with Gasteiger partial charge in [0.25, 0.3) is 5.22 Å². The standard InChI is InChI=1S/C18H14N4O2S/c1-11(16(23)14-10-20-15-5-3-2-4-13(14)15)25-18-22-21-17(24-18)12-6-8-19-9-7-12/h2-11,20H,1H3/t11-/m0/s1. The topological polar surface area (TPSA) is 84.7 Å². The van der Waals surface area contributed by atoms with Gasteiger partial charge in [0.15, 0.2) is 5.78 Å². The van der Waals surface area contributed by atoms with Gasteiger partial charge in [-0.15, -0.1) is 10.2 Å². The van der Waals surface area contributed by atoms with Crippen LogP contribution in [0.25, 0.3) is 22.4 Å². The SMILES string of the molecule is C[C@H](Sc1nnc(-c2ccncc2)o1)C(=O)c1c[nH]c2ccccc12. The van der Waals surface area contributed by atoms with Gasteiger partial charge in [0.2, 0.25) is 5.89 Å². The van der Waals surface area contributed by atoms with E-state index in [1.165, 1.54) is 11.8 Å². The number of ketones is 1. The summed E-state index contributed by atoms with van der Waals surface area (Å²) in [6.07, 6.45) is 5.07. The van der Waals surface area contributed by atoms with E-state index in [0.29, 0.717) is 16.7 Å². The molecule has 4 rings (SSSR count). The highest BCUT2D eigenvalue weighted by atomic mass is 32.2. The molecule has 0 fully saturated rings. The number of fused-ring (bicyclic) bond motifs is 1. The van der Waals surface area contributed by atoms with Crippen LogP contribution < -0.4 is 0 Å². The van der Waals surface area contributed by atoms with Crippen molar-refractivity contribution in [3.8, 4) is 11.5 Å². The summed E-state index contributed by atoms with van der Waals surface area (Å²) >= 11 is 1.25. The number of aromatic nitrogens is 4. The van der Waals surface area contributed by atoms with Crippen LogP contribution in [0.15, 0.2) is 64.6 Å². The van der Waals surface area contributed by atoms with Gasteiger partial charge >= 0.3 is 0 Å². The highest BCUT2D eigenvalue weighted by Gasteiger charge is 2.22. The Kier molecular flexibility index (Phi) is 4.07. The molecule has 0 saturated heterocycles. The van der Waals surface area contributed by atoms with Crippen molar-refractivity contribution in [1.29, 1.82) is 0 Å². The maximum atomic E-state index is 12.8. The van der Waals surface area contributed by atoms with Crippen LogP contribution in [0.1, 0.15) is 17.3 Å². The number of aromatic amines is 1. The molecule has 6 nitrogen and oxygen atoms in total. The lowest BCUT2D eigenvalue weighted by molar-refractivity contribution is 0.0995. The molecule has 0 spiro atoms. The first-order valence-corrected chi connectivity index (χ1v) is 8.61. The van der Waals surface area contributed by atoms with Crippen LogP contribution in [-0.2, 0) is 0 Å². The van der Waals surface area contributed by atoms with Crippen molar-refractivity contribution in [3.05, 3.63) is 60.6 Å². The van der Waals surface area contributed by atoms with Crippen LogP contribution >= 0.6 is 11.8 Å². The first-order valence-electron chi connectivity index (χ1n) is 7.73. The highest BCUT2D eigenvalue weighted by molar-refractivity contribution is 8.00. The van der Waals surface area contributed by atoms with Crippen molar-refractivity contribution in [2.24, 2.45) is 0 Å². The van der Waals surface area contributed by atoms with Crippen LogP contribution in [0.2, 0.25) is 0 Å². The van der Waals surface area contributed by atoms with E-state index >= 15 is 0 Å². The van der Waals surface area contributed by atoms with Gasteiger partial charge in [0.05, 0.1) is 5.25 Å². The third-order valence-electron chi connectivity index (χ3n) is 3.84. The number of nitrogens with zero attached hydrogens (tertiary/aromatic N) is 3. The molecule has 0 aliphatic carbocycles. The van der Waals surface area contributed by atoms with Crippen molar-refractivity contribution in [1.82, 2.24) is 20.2 Å². The van der Waals surface area contributed by atoms with Crippen molar-refractivity contribution < 1.29 is 9.21 Å². The molecule has 7 heteroatoms. The number of benzene rings is 1. The number of carbonyl (C=O) groups is 1. The molecule has 0 aliphatic rings. The van der Waals surface area contributed by atoms with E-state index in [1.807, 2.05) is 31.2 Å². The minimum absolute atomic E-state index is 0.0195. The number of pyridine rings is 1. The lowest BCUT2D eigenvalue weighted by atomic mass is 10.1. The number of hydrogen-bond acceptors (Lipinski definition) is 6. The van der Waals surface area contributed by atoms with Crippen LogP contribution in [0.4, 0.5) is 0 Å². The predicted octanol–water partition coefficient (Wildman–Crippen LogP) is 3.98. The second kappa shape index (κ2) is 6.52. The molecular weight excluding hydrogens is 336 g/mol. The van der Waals surface area contributed by atoms with E-state index in [9.17, 15) is 4.79 Å². The zero-order chi connectivity index (χ0) is 17.2. The van der Waals surface area contributed by atoms with Gasteiger partial charge in [-0.1, -0.05) is 30.0 Å². The predicted molar refractivity (Wildman–Crippen MR) is 95.5 cm³/mol. The molecule has 25 heavy (non-hydrogen) atoms. The number of rotatable bonds is 5. The molecule has 0 saturated carbocycles. The Labute approximate surface area is 147 Å². The average Bonchev–Trinajstić information content (AvgIpc) is 3.29. The first-order chi connectivity index (χ1) is 12.2. The lowest BCUT2D eigenvalue weighted by Gasteiger charge is -2.06. The minimum atomic E-state index is -0.343. The number of hydrogen-bond donors (Lipinski definition) is 1. The van der Waals surface area contributed by atoms with Crippen molar-refractivity contribution in [2.45, 2.75) is 17.4 Å². The van der Waals surface area contributed by atoms with Crippen molar-refractivity contribution in [2.75, 3.05) is 0 Å². The number of thioether (sulfide) groups is 1. The summed E-state index contributed by atoms with van der Waals surface area (Å²) in [4.78, 5) is 19.8. The highest BCUT2D eigenvalue weighted by Crippen LogP contribution is 2.29. The van der Waals surface area contributed by atoms with Crippen molar-refractivity contribution in [3.63, 3.8) is 0 Å². The number of Topliss-reactive ketones (excluding diaryl/α,β-unsaturated/α-hetero) is 1. The van der Waals surface area contributed by atoms with Gasteiger partial charge in [-0.25, -0.2) is 0 Å². The Hall–Kier alpha value is -2.93. The number of nitrogens with one attached hydrogen (secondary N) is 1. The Morgan fingerprint density at radius 2 is 1.96 bits per heavy atom. The fourth-order valence-electron chi connectivity index (χ4n) is 2.57. The molecule has 0 radical (unpaired) electrons. The van der Waals surface area contributed by atoms with Gasteiger partial charge in [-0.2, -0.15) is 0 Å². The van der Waals surface area contributed by atoms with Crippen LogP contribution in [0.3, 0.4) is 0 Å². The summed E-state index contributed by atoms with van der Waals surface area (Å²) in [7, 11) is 0. The Balaban J connectivity index is 1.53. The second-order valence-corrected chi connectivity index (χ2v) is 6.77. The van der Waals surface area contributed by atoms with Crippen LogP contribution in [0, 0.1) is 0 Å². The molecule has 124 valence electrons. The van der Waals surface area contributed by atoms with E-state index in [-0.39, 0.29) is 11.0 Å². The van der Waals surface area contributed by atoms with Gasteiger partial charge in [-0.05, 0) is 25.1 Å². The Morgan fingerprint density at radius 3 is 2.80 bits per heavy atom.